The van der Waals surface area contributed by atoms with E-state index >= 15 is 0 Å². The van der Waals surface area contributed by atoms with Gasteiger partial charge in [-0.1, -0.05) is 48.0 Å². The molecular weight excluding hydrogens is 248 g/mol. The van der Waals surface area contributed by atoms with Gasteiger partial charge in [-0.15, -0.1) is 10.2 Å². The molecule has 88 valence electrons. The van der Waals surface area contributed by atoms with Crippen LogP contribution in [0.3, 0.4) is 0 Å². The lowest BCUT2D eigenvalue weighted by molar-refractivity contribution is 0.868. The van der Waals surface area contributed by atoms with E-state index in [-0.39, 0.29) is 0 Å². The van der Waals surface area contributed by atoms with Crippen LogP contribution in [-0.2, 0) is 0 Å². The Kier molecular flexibility index (Phi) is 2.78. The fourth-order valence-corrected chi connectivity index (χ4v) is 1.95. The Labute approximate surface area is 109 Å². The third-order valence-electron chi connectivity index (χ3n) is 2.65. The van der Waals surface area contributed by atoms with Crippen molar-refractivity contribution in [2.24, 2.45) is 0 Å². The van der Waals surface area contributed by atoms with Crippen LogP contribution < -0.4 is 5.32 Å². The van der Waals surface area contributed by atoms with E-state index in [0.717, 1.165) is 16.5 Å². The Morgan fingerprint density at radius 2 is 1.78 bits per heavy atom. The van der Waals surface area contributed by atoms with Crippen LogP contribution in [0, 0.1) is 0 Å². The van der Waals surface area contributed by atoms with Crippen molar-refractivity contribution in [2.75, 3.05) is 5.32 Å². The van der Waals surface area contributed by atoms with Gasteiger partial charge in [0.05, 0.1) is 11.9 Å². The second-order valence-corrected chi connectivity index (χ2v) is 4.15. The van der Waals surface area contributed by atoms with Crippen LogP contribution in [0.4, 0.5) is 11.4 Å². The number of nitrogens with one attached hydrogen (secondary N) is 1. The lowest BCUT2D eigenvalue weighted by Gasteiger charge is -2.09. The minimum atomic E-state index is 0.304. The smallest absolute Gasteiger partial charge is 0.178 e. The van der Waals surface area contributed by atoms with E-state index in [1.54, 1.807) is 6.20 Å². The minimum absolute atomic E-state index is 0.304. The molecule has 1 N–H and O–H groups in total. The lowest BCUT2D eigenvalue weighted by atomic mass is 10.1. The van der Waals surface area contributed by atoms with E-state index < -0.39 is 0 Å². The Balaban J connectivity index is 2.08. The van der Waals surface area contributed by atoms with Gasteiger partial charge in [0.2, 0.25) is 0 Å². The number of fused-ring (bicyclic) bond motifs is 1. The molecule has 1 heterocycles. The van der Waals surface area contributed by atoms with E-state index in [1.165, 1.54) is 0 Å². The first-order valence-electron chi connectivity index (χ1n) is 5.43. The molecule has 0 spiro atoms. The molecule has 3 rings (SSSR count). The van der Waals surface area contributed by atoms with Crippen LogP contribution in [-0.4, -0.2) is 15.4 Å². The molecule has 4 nitrogen and oxygen atoms in total. The van der Waals surface area contributed by atoms with Crippen molar-refractivity contribution >= 4 is 33.7 Å². The Morgan fingerprint density at radius 3 is 2.67 bits per heavy atom. The van der Waals surface area contributed by atoms with Gasteiger partial charge in [0.25, 0.3) is 0 Å². The minimum Gasteiger partial charge on any atom is -0.351 e. The van der Waals surface area contributed by atoms with Crippen LogP contribution in [0.1, 0.15) is 0 Å². The number of hydrogen-bond acceptors (Lipinski definition) is 4. The monoisotopic (exact) mass is 256 g/mol. The molecule has 0 amide bonds. The van der Waals surface area contributed by atoms with Gasteiger partial charge in [0, 0.05) is 11.1 Å². The maximum Gasteiger partial charge on any atom is 0.178 e. The predicted octanol–water partition coefficient (Wildman–Crippen LogP) is 3.42. The first-order chi connectivity index (χ1) is 8.84. The summed E-state index contributed by atoms with van der Waals surface area (Å²) in [5, 5.41) is 16.7. The highest BCUT2D eigenvalue weighted by Crippen LogP contribution is 2.27. The van der Waals surface area contributed by atoms with Crippen LogP contribution in [0.25, 0.3) is 10.8 Å². The van der Waals surface area contributed by atoms with Crippen LogP contribution in [0.15, 0.2) is 48.7 Å². The number of benzene rings is 2. The normalized spacial score (nSPS) is 10.5. The molecule has 18 heavy (non-hydrogen) atoms. The van der Waals surface area contributed by atoms with Crippen molar-refractivity contribution in [1.82, 2.24) is 15.4 Å². The second kappa shape index (κ2) is 4.58. The number of hydrogen-bond donors (Lipinski definition) is 1. The maximum atomic E-state index is 5.95. The molecule has 0 saturated heterocycles. The summed E-state index contributed by atoms with van der Waals surface area (Å²) in [6.07, 6.45) is 1.55. The zero-order valence-electron chi connectivity index (χ0n) is 9.34. The quantitative estimate of drug-likeness (QED) is 0.763. The van der Waals surface area contributed by atoms with E-state index in [1.807, 2.05) is 30.3 Å². The topological polar surface area (TPSA) is 50.7 Å². The molecular formula is C13H9ClN4. The highest BCUT2D eigenvalue weighted by molar-refractivity contribution is 6.32. The fourth-order valence-electron chi connectivity index (χ4n) is 1.82. The average molecular weight is 257 g/mol. The second-order valence-electron chi connectivity index (χ2n) is 3.79. The Hall–Kier alpha value is -2.20. The fraction of sp³-hybridized carbons (Fsp3) is 0. The Bertz CT molecular complexity index is 694. The van der Waals surface area contributed by atoms with Gasteiger partial charge < -0.3 is 5.32 Å². The predicted molar refractivity (Wildman–Crippen MR) is 72.1 cm³/mol. The maximum absolute atomic E-state index is 5.95. The van der Waals surface area contributed by atoms with Crippen molar-refractivity contribution in [3.8, 4) is 0 Å². The molecule has 3 aromatic rings. The number of nitrogens with zero attached hydrogens (tertiary/aromatic N) is 3. The average Bonchev–Trinajstić information content (AvgIpc) is 2.42. The SMILES string of the molecule is Clc1nnncc1Nc1cccc2ccccc12. The van der Waals surface area contributed by atoms with Crippen LogP contribution in [0.5, 0.6) is 0 Å². The summed E-state index contributed by atoms with van der Waals surface area (Å²) < 4.78 is 0. The van der Waals surface area contributed by atoms with Crippen molar-refractivity contribution < 1.29 is 0 Å². The standard InChI is InChI=1S/C13H9ClN4/c14-13-12(8-15-18-17-13)16-11-7-3-5-9-4-1-2-6-10(9)11/h1-8H,(H,16,18). The molecule has 1 aromatic heterocycles. The zero-order valence-corrected chi connectivity index (χ0v) is 10.1. The van der Waals surface area contributed by atoms with Gasteiger partial charge in [-0.05, 0) is 16.7 Å². The van der Waals surface area contributed by atoms with Crippen molar-refractivity contribution in [1.29, 1.82) is 0 Å². The highest BCUT2D eigenvalue weighted by atomic mass is 35.5. The van der Waals surface area contributed by atoms with E-state index in [4.69, 9.17) is 11.6 Å². The first-order valence-corrected chi connectivity index (χ1v) is 5.81. The summed E-state index contributed by atoms with van der Waals surface area (Å²) in [5.74, 6) is 0. The van der Waals surface area contributed by atoms with Gasteiger partial charge in [-0.3, -0.25) is 0 Å². The number of anilines is 2. The summed E-state index contributed by atoms with van der Waals surface area (Å²) in [4.78, 5) is 0. The number of aromatic nitrogens is 3. The molecule has 0 aliphatic heterocycles. The zero-order chi connectivity index (χ0) is 12.4. The van der Waals surface area contributed by atoms with Crippen molar-refractivity contribution in [2.45, 2.75) is 0 Å². The van der Waals surface area contributed by atoms with E-state index in [2.05, 4.69) is 32.9 Å². The van der Waals surface area contributed by atoms with Gasteiger partial charge in [-0.2, -0.15) is 0 Å². The molecule has 0 atom stereocenters. The highest BCUT2D eigenvalue weighted by Gasteiger charge is 2.05. The third kappa shape index (κ3) is 1.98. The molecule has 0 bridgehead atoms. The summed E-state index contributed by atoms with van der Waals surface area (Å²) in [6.45, 7) is 0. The molecule has 0 fully saturated rings. The largest absolute Gasteiger partial charge is 0.351 e. The molecule has 0 unspecified atom stereocenters. The summed E-state index contributed by atoms with van der Waals surface area (Å²) in [7, 11) is 0. The van der Waals surface area contributed by atoms with Gasteiger partial charge in [0.15, 0.2) is 5.15 Å². The number of halogens is 1. The van der Waals surface area contributed by atoms with Crippen LogP contribution in [0.2, 0.25) is 5.15 Å². The Morgan fingerprint density at radius 1 is 0.944 bits per heavy atom. The summed E-state index contributed by atoms with van der Waals surface area (Å²) in [5.41, 5.74) is 1.60. The molecule has 5 heteroatoms. The van der Waals surface area contributed by atoms with Gasteiger partial charge in [0.1, 0.15) is 0 Å². The molecule has 0 aliphatic rings. The molecule has 0 radical (unpaired) electrons. The molecule has 0 aliphatic carbocycles. The van der Waals surface area contributed by atoms with E-state index in [9.17, 15) is 0 Å². The summed E-state index contributed by atoms with van der Waals surface area (Å²) >= 11 is 5.95. The molecule has 2 aromatic carbocycles. The van der Waals surface area contributed by atoms with Gasteiger partial charge >= 0.3 is 0 Å². The van der Waals surface area contributed by atoms with Gasteiger partial charge in [-0.25, -0.2) is 0 Å². The third-order valence-corrected chi connectivity index (χ3v) is 2.93. The van der Waals surface area contributed by atoms with Crippen molar-refractivity contribution in [3.63, 3.8) is 0 Å². The molecule has 0 saturated carbocycles. The van der Waals surface area contributed by atoms with Crippen LogP contribution >= 0.6 is 11.6 Å². The van der Waals surface area contributed by atoms with E-state index in [0.29, 0.717) is 10.8 Å². The van der Waals surface area contributed by atoms with Crippen molar-refractivity contribution in [3.05, 3.63) is 53.8 Å². The first kappa shape index (κ1) is 10.9. The number of rotatable bonds is 2. The lowest BCUT2D eigenvalue weighted by Crippen LogP contribution is -1.96. The summed E-state index contributed by atoms with van der Waals surface area (Å²) in [6, 6.07) is 14.1.